The highest BCUT2D eigenvalue weighted by Gasteiger charge is 2.24. The molecule has 1 N–H and O–H groups in total. The van der Waals surface area contributed by atoms with Gasteiger partial charge in [-0.2, -0.15) is 0 Å². The van der Waals surface area contributed by atoms with Crippen LogP contribution in [0.25, 0.3) is 10.9 Å². The van der Waals surface area contributed by atoms with Gasteiger partial charge < -0.3 is 19.4 Å². The number of amides is 1. The van der Waals surface area contributed by atoms with Crippen molar-refractivity contribution in [1.82, 2.24) is 14.8 Å². The van der Waals surface area contributed by atoms with Crippen LogP contribution in [0.1, 0.15) is 10.5 Å². The number of fused-ring (bicyclic) bond motifs is 1. The first-order valence-corrected chi connectivity index (χ1v) is 7.86. The van der Waals surface area contributed by atoms with Crippen LogP contribution in [0.3, 0.4) is 0 Å². The molecule has 0 unspecified atom stereocenters. The maximum absolute atomic E-state index is 12.6. The molecule has 3 rings (SSSR count). The zero-order valence-corrected chi connectivity index (χ0v) is 13.6. The van der Waals surface area contributed by atoms with Crippen LogP contribution in [-0.4, -0.2) is 73.9 Å². The summed E-state index contributed by atoms with van der Waals surface area (Å²) in [6, 6.07) is 9.87. The third kappa shape index (κ3) is 3.55. The number of carbonyl (C=O) groups is 1. The number of carbonyl (C=O) groups excluding carboxylic acids is 1. The summed E-state index contributed by atoms with van der Waals surface area (Å²) < 4.78 is 10.5. The van der Waals surface area contributed by atoms with Gasteiger partial charge in [-0.3, -0.25) is 9.69 Å². The molecule has 6 heteroatoms. The van der Waals surface area contributed by atoms with Crippen molar-refractivity contribution in [2.24, 2.45) is 0 Å². The smallest absolute Gasteiger partial charge is 0.270 e. The van der Waals surface area contributed by atoms with Gasteiger partial charge in [0.05, 0.1) is 0 Å². The molecule has 1 aliphatic rings. The van der Waals surface area contributed by atoms with Crippen LogP contribution in [0.5, 0.6) is 0 Å². The first-order valence-electron chi connectivity index (χ1n) is 7.86. The van der Waals surface area contributed by atoms with E-state index in [1.165, 1.54) is 0 Å². The number of aromatic amines is 1. The van der Waals surface area contributed by atoms with Gasteiger partial charge in [-0.05, 0) is 12.1 Å². The molecule has 0 aliphatic carbocycles. The van der Waals surface area contributed by atoms with Gasteiger partial charge in [0.2, 0.25) is 0 Å². The van der Waals surface area contributed by atoms with Crippen molar-refractivity contribution in [3.05, 3.63) is 36.0 Å². The van der Waals surface area contributed by atoms with Gasteiger partial charge in [0.1, 0.15) is 5.69 Å². The second kappa shape index (κ2) is 7.12. The molecule has 0 saturated carbocycles. The summed E-state index contributed by atoms with van der Waals surface area (Å²) in [6.07, 6.45) is -0.217. The summed E-state index contributed by atoms with van der Waals surface area (Å²) in [7, 11) is 3.29. The van der Waals surface area contributed by atoms with Crippen LogP contribution in [0.2, 0.25) is 0 Å². The Morgan fingerprint density at radius 2 is 1.87 bits per heavy atom. The number of nitrogens with one attached hydrogen (secondary N) is 1. The minimum absolute atomic E-state index is 0.0656. The Morgan fingerprint density at radius 3 is 2.52 bits per heavy atom. The zero-order valence-electron chi connectivity index (χ0n) is 13.6. The lowest BCUT2D eigenvalue weighted by Crippen LogP contribution is -2.50. The molecule has 1 aliphatic heterocycles. The van der Waals surface area contributed by atoms with Gasteiger partial charge in [-0.15, -0.1) is 0 Å². The van der Waals surface area contributed by atoms with Crippen LogP contribution in [0.4, 0.5) is 0 Å². The SMILES string of the molecule is COC(CN1CCN(C(=O)c2cc3ccccc3[nH]2)CC1)OC. The summed E-state index contributed by atoms with van der Waals surface area (Å²) in [5, 5.41) is 1.07. The molecule has 1 aromatic heterocycles. The molecular formula is C17H23N3O3. The van der Waals surface area contributed by atoms with Gasteiger partial charge in [-0.1, -0.05) is 18.2 Å². The Labute approximate surface area is 136 Å². The van der Waals surface area contributed by atoms with Crippen LogP contribution in [0.15, 0.2) is 30.3 Å². The molecule has 1 amide bonds. The lowest BCUT2D eigenvalue weighted by Gasteiger charge is -2.35. The van der Waals surface area contributed by atoms with E-state index in [0.717, 1.165) is 30.5 Å². The zero-order chi connectivity index (χ0) is 16.2. The van der Waals surface area contributed by atoms with Crippen molar-refractivity contribution in [2.45, 2.75) is 6.29 Å². The highest BCUT2D eigenvalue weighted by Crippen LogP contribution is 2.17. The van der Waals surface area contributed by atoms with E-state index in [9.17, 15) is 4.79 Å². The van der Waals surface area contributed by atoms with Gasteiger partial charge in [-0.25, -0.2) is 0 Å². The third-order valence-corrected chi connectivity index (χ3v) is 4.35. The predicted octanol–water partition coefficient (Wildman–Crippen LogP) is 1.54. The Bertz CT molecular complexity index is 625. The van der Waals surface area contributed by atoms with Crippen molar-refractivity contribution in [2.75, 3.05) is 46.9 Å². The van der Waals surface area contributed by atoms with E-state index in [0.29, 0.717) is 18.8 Å². The first kappa shape index (κ1) is 16.0. The molecule has 6 nitrogen and oxygen atoms in total. The first-order chi connectivity index (χ1) is 11.2. The Balaban J connectivity index is 1.59. The number of para-hydroxylation sites is 1. The standard InChI is InChI=1S/C17H23N3O3/c1-22-16(23-2)12-19-7-9-20(10-8-19)17(21)15-11-13-5-3-4-6-14(13)18-15/h3-6,11,16,18H,7-10,12H2,1-2H3. The van der Waals surface area contributed by atoms with E-state index >= 15 is 0 Å². The number of hydrogen-bond acceptors (Lipinski definition) is 4. The molecule has 2 aromatic rings. The summed E-state index contributed by atoms with van der Waals surface area (Å²) in [5.41, 5.74) is 1.66. The topological polar surface area (TPSA) is 57.8 Å². The maximum atomic E-state index is 12.6. The Hall–Kier alpha value is -1.89. The summed E-state index contributed by atoms with van der Waals surface area (Å²) in [6.45, 7) is 3.81. The van der Waals surface area contributed by atoms with Crippen molar-refractivity contribution in [3.63, 3.8) is 0 Å². The summed E-state index contributed by atoms with van der Waals surface area (Å²) in [5.74, 6) is 0.0656. The van der Waals surface area contributed by atoms with Crippen LogP contribution in [-0.2, 0) is 9.47 Å². The van der Waals surface area contributed by atoms with Crippen molar-refractivity contribution in [1.29, 1.82) is 0 Å². The number of piperazine rings is 1. The molecule has 1 fully saturated rings. The molecule has 124 valence electrons. The number of aromatic nitrogens is 1. The maximum Gasteiger partial charge on any atom is 0.270 e. The number of hydrogen-bond donors (Lipinski definition) is 1. The largest absolute Gasteiger partial charge is 0.355 e. The Kier molecular flexibility index (Phi) is 4.95. The molecule has 1 saturated heterocycles. The molecular weight excluding hydrogens is 294 g/mol. The van der Waals surface area contributed by atoms with Crippen LogP contribution in [0, 0.1) is 0 Å². The van der Waals surface area contributed by atoms with Gasteiger partial charge in [0.15, 0.2) is 6.29 Å². The minimum atomic E-state index is -0.217. The second-order valence-corrected chi connectivity index (χ2v) is 5.76. The summed E-state index contributed by atoms with van der Waals surface area (Å²) in [4.78, 5) is 20.0. The van der Waals surface area contributed by atoms with Crippen molar-refractivity contribution >= 4 is 16.8 Å². The number of benzene rings is 1. The van der Waals surface area contributed by atoms with Crippen LogP contribution >= 0.6 is 0 Å². The molecule has 1 aromatic carbocycles. The average Bonchev–Trinajstić information content (AvgIpc) is 3.03. The van der Waals surface area contributed by atoms with E-state index < -0.39 is 0 Å². The molecule has 0 bridgehead atoms. The fourth-order valence-corrected chi connectivity index (χ4v) is 2.95. The molecule has 23 heavy (non-hydrogen) atoms. The van der Waals surface area contributed by atoms with E-state index in [4.69, 9.17) is 9.47 Å². The van der Waals surface area contributed by atoms with E-state index in [-0.39, 0.29) is 12.2 Å². The quantitative estimate of drug-likeness (QED) is 0.850. The molecule has 0 atom stereocenters. The van der Waals surface area contributed by atoms with Crippen LogP contribution < -0.4 is 0 Å². The summed E-state index contributed by atoms with van der Waals surface area (Å²) >= 11 is 0. The van der Waals surface area contributed by atoms with E-state index in [2.05, 4.69) is 9.88 Å². The molecule has 2 heterocycles. The number of H-pyrrole nitrogens is 1. The minimum Gasteiger partial charge on any atom is -0.355 e. The number of nitrogens with zero attached hydrogens (tertiary/aromatic N) is 2. The monoisotopic (exact) mass is 317 g/mol. The highest BCUT2D eigenvalue weighted by atomic mass is 16.7. The van der Waals surface area contributed by atoms with Crippen molar-refractivity contribution in [3.8, 4) is 0 Å². The lowest BCUT2D eigenvalue weighted by molar-refractivity contribution is -0.118. The number of rotatable bonds is 5. The van der Waals surface area contributed by atoms with E-state index in [1.807, 2.05) is 35.2 Å². The normalized spacial score (nSPS) is 16.4. The lowest BCUT2D eigenvalue weighted by atomic mass is 10.2. The third-order valence-electron chi connectivity index (χ3n) is 4.35. The predicted molar refractivity (Wildman–Crippen MR) is 88.4 cm³/mol. The highest BCUT2D eigenvalue weighted by molar-refractivity contribution is 5.98. The number of ether oxygens (including phenoxy) is 2. The van der Waals surface area contributed by atoms with Gasteiger partial charge in [0.25, 0.3) is 5.91 Å². The second-order valence-electron chi connectivity index (χ2n) is 5.76. The van der Waals surface area contributed by atoms with E-state index in [1.54, 1.807) is 14.2 Å². The van der Waals surface area contributed by atoms with Crippen molar-refractivity contribution < 1.29 is 14.3 Å². The van der Waals surface area contributed by atoms with Gasteiger partial charge >= 0.3 is 0 Å². The fraction of sp³-hybridized carbons (Fsp3) is 0.471. The average molecular weight is 317 g/mol. The van der Waals surface area contributed by atoms with Gasteiger partial charge in [0, 0.05) is 57.8 Å². The molecule has 0 radical (unpaired) electrons. The number of methoxy groups -OCH3 is 2. The fourth-order valence-electron chi connectivity index (χ4n) is 2.95. The Morgan fingerprint density at radius 1 is 1.17 bits per heavy atom. The molecule has 0 spiro atoms.